The van der Waals surface area contributed by atoms with Gasteiger partial charge in [0.1, 0.15) is 0 Å². The molecule has 0 bridgehead atoms. The van der Waals surface area contributed by atoms with Gasteiger partial charge >= 0.3 is 0 Å². The maximum absolute atomic E-state index is 2.76. The molecule has 0 amide bonds. The molecule has 2 heterocycles. The SMILES string of the molecule is c1ccc(-c2ccc(-c3ccccc3-n3c4ccccc4c4c(-n5c6ccccc6c6cc([Si](c7ccccc7)(c7ccccc7)c7ccccc7)ccc65)cccc43)cc2)cc1. The summed E-state index contributed by atoms with van der Waals surface area (Å²) in [7, 11) is -2.76. The van der Waals surface area contributed by atoms with Gasteiger partial charge in [-0.2, -0.15) is 0 Å². The molecule has 0 spiro atoms. The number of para-hydroxylation sites is 3. The summed E-state index contributed by atoms with van der Waals surface area (Å²) in [5.74, 6) is 0. The van der Waals surface area contributed by atoms with Gasteiger partial charge in [0.2, 0.25) is 0 Å². The standard InChI is InChI=1S/C60H42N2Si/c1-5-20-43(21-6-1)44-36-38-45(39-37-44)50-28-13-16-31-54(50)61-56-33-18-15-30-52(56)60-58(61)34-19-35-59(60)62-55-32-17-14-29-51(55)53-42-49(40-41-57(53)62)63(46-22-7-2-8-23-46,47-24-9-3-10-25-47)48-26-11-4-12-27-48/h1-42H. The van der Waals surface area contributed by atoms with Crippen LogP contribution in [0.4, 0.5) is 0 Å². The van der Waals surface area contributed by atoms with Crippen LogP contribution in [-0.4, -0.2) is 17.2 Å². The molecular weight excluding hydrogens is 777 g/mol. The van der Waals surface area contributed by atoms with Crippen LogP contribution in [0, 0.1) is 0 Å². The molecule has 10 aromatic carbocycles. The molecule has 0 fully saturated rings. The van der Waals surface area contributed by atoms with Crippen molar-refractivity contribution in [2.75, 3.05) is 0 Å². The molecule has 2 nitrogen and oxygen atoms in total. The molecule has 0 aliphatic heterocycles. The van der Waals surface area contributed by atoms with Crippen molar-refractivity contribution in [1.82, 2.24) is 9.13 Å². The van der Waals surface area contributed by atoms with E-state index in [-0.39, 0.29) is 0 Å². The third-order valence-corrected chi connectivity index (χ3v) is 17.9. The summed E-state index contributed by atoms with van der Waals surface area (Å²) < 4.78 is 4.98. The van der Waals surface area contributed by atoms with Crippen molar-refractivity contribution in [3.63, 3.8) is 0 Å². The Morgan fingerprint density at radius 2 is 0.698 bits per heavy atom. The summed E-state index contributed by atoms with van der Waals surface area (Å²) >= 11 is 0. The van der Waals surface area contributed by atoms with E-state index in [1.54, 1.807) is 0 Å². The molecule has 0 N–H and O–H groups in total. The fourth-order valence-corrected chi connectivity index (χ4v) is 15.1. The van der Waals surface area contributed by atoms with Crippen molar-refractivity contribution in [1.29, 1.82) is 0 Å². The number of nitrogens with zero attached hydrogens (tertiary/aromatic N) is 2. The number of aromatic nitrogens is 2. The minimum atomic E-state index is -2.76. The zero-order chi connectivity index (χ0) is 41.7. The van der Waals surface area contributed by atoms with E-state index < -0.39 is 8.07 Å². The first-order valence-electron chi connectivity index (χ1n) is 21.8. The summed E-state index contributed by atoms with van der Waals surface area (Å²) in [6.45, 7) is 0. The van der Waals surface area contributed by atoms with Gasteiger partial charge in [-0.25, -0.2) is 0 Å². The van der Waals surface area contributed by atoms with Crippen molar-refractivity contribution in [3.8, 4) is 33.6 Å². The highest BCUT2D eigenvalue weighted by atomic mass is 28.3. The van der Waals surface area contributed by atoms with Crippen LogP contribution in [0.5, 0.6) is 0 Å². The topological polar surface area (TPSA) is 9.86 Å². The third kappa shape index (κ3) is 5.85. The number of benzene rings is 10. The number of fused-ring (bicyclic) bond motifs is 6. The maximum atomic E-state index is 2.52. The average molecular weight is 819 g/mol. The fraction of sp³-hybridized carbons (Fsp3) is 0. The van der Waals surface area contributed by atoms with Crippen molar-refractivity contribution >= 4 is 72.4 Å². The first-order valence-corrected chi connectivity index (χ1v) is 23.8. The second-order valence-electron chi connectivity index (χ2n) is 16.4. The van der Waals surface area contributed by atoms with Crippen LogP contribution in [0.1, 0.15) is 0 Å². The lowest BCUT2D eigenvalue weighted by Gasteiger charge is -2.34. The predicted octanol–water partition coefficient (Wildman–Crippen LogP) is 12.6. The average Bonchev–Trinajstić information content (AvgIpc) is 3.88. The van der Waals surface area contributed by atoms with Crippen molar-refractivity contribution < 1.29 is 0 Å². The minimum absolute atomic E-state index is 1.16. The lowest BCUT2D eigenvalue weighted by molar-refractivity contribution is 1.17. The molecule has 0 atom stereocenters. The van der Waals surface area contributed by atoms with E-state index in [4.69, 9.17) is 0 Å². The van der Waals surface area contributed by atoms with E-state index in [1.165, 1.54) is 92.3 Å². The Labute approximate surface area is 368 Å². The van der Waals surface area contributed by atoms with Gasteiger partial charge in [-0.1, -0.05) is 218 Å². The number of hydrogen-bond acceptors (Lipinski definition) is 0. The highest BCUT2D eigenvalue weighted by Crippen LogP contribution is 2.41. The molecule has 12 rings (SSSR count). The first-order chi connectivity index (χ1) is 31.3. The second kappa shape index (κ2) is 15.2. The normalized spacial score (nSPS) is 11.8. The van der Waals surface area contributed by atoms with Gasteiger partial charge in [-0.05, 0) is 73.8 Å². The van der Waals surface area contributed by atoms with Gasteiger partial charge in [0.05, 0.1) is 33.4 Å². The van der Waals surface area contributed by atoms with E-state index >= 15 is 0 Å². The lowest BCUT2D eigenvalue weighted by Crippen LogP contribution is -2.74. The molecule has 0 saturated heterocycles. The van der Waals surface area contributed by atoms with Crippen LogP contribution in [0.2, 0.25) is 0 Å². The molecule has 0 radical (unpaired) electrons. The maximum Gasteiger partial charge on any atom is 0.179 e. The monoisotopic (exact) mass is 818 g/mol. The van der Waals surface area contributed by atoms with E-state index in [1.807, 2.05) is 0 Å². The Morgan fingerprint density at radius 1 is 0.254 bits per heavy atom. The van der Waals surface area contributed by atoms with E-state index in [2.05, 4.69) is 264 Å². The number of hydrogen-bond donors (Lipinski definition) is 0. The molecule has 296 valence electrons. The summed E-state index contributed by atoms with van der Waals surface area (Å²) in [6, 6.07) is 94.1. The fourth-order valence-electron chi connectivity index (χ4n) is 10.4. The largest absolute Gasteiger partial charge is 0.309 e. The first kappa shape index (κ1) is 36.8. The summed E-state index contributed by atoms with van der Waals surface area (Å²) in [5, 5.41) is 10.4. The molecule has 0 aliphatic carbocycles. The molecule has 2 aromatic heterocycles. The Hall–Kier alpha value is -7.98. The van der Waals surface area contributed by atoms with Gasteiger partial charge in [0, 0.05) is 27.1 Å². The zero-order valence-electron chi connectivity index (χ0n) is 34.6. The highest BCUT2D eigenvalue weighted by molar-refractivity contribution is 7.20. The zero-order valence-corrected chi connectivity index (χ0v) is 35.6. The molecule has 0 unspecified atom stereocenters. The number of rotatable bonds is 8. The molecule has 0 saturated carbocycles. The van der Waals surface area contributed by atoms with Crippen LogP contribution in [0.3, 0.4) is 0 Å². The van der Waals surface area contributed by atoms with Crippen LogP contribution >= 0.6 is 0 Å². The smallest absolute Gasteiger partial charge is 0.179 e. The van der Waals surface area contributed by atoms with E-state index in [9.17, 15) is 0 Å². The molecule has 63 heavy (non-hydrogen) atoms. The lowest BCUT2D eigenvalue weighted by atomic mass is 9.99. The second-order valence-corrected chi connectivity index (χ2v) is 20.2. The molecular formula is C60H42N2Si. The van der Waals surface area contributed by atoms with Crippen LogP contribution in [-0.2, 0) is 0 Å². The summed E-state index contributed by atoms with van der Waals surface area (Å²) in [6.07, 6.45) is 0. The van der Waals surface area contributed by atoms with Gasteiger partial charge in [0.15, 0.2) is 8.07 Å². The van der Waals surface area contributed by atoms with E-state index in [0.29, 0.717) is 0 Å². The third-order valence-electron chi connectivity index (χ3n) is 13.1. The molecule has 3 heteroatoms. The Morgan fingerprint density at radius 3 is 1.35 bits per heavy atom. The van der Waals surface area contributed by atoms with Crippen molar-refractivity contribution in [2.24, 2.45) is 0 Å². The molecule has 12 aromatic rings. The van der Waals surface area contributed by atoms with Crippen LogP contribution in [0.25, 0.3) is 77.2 Å². The Bertz CT molecular complexity index is 3490. The Kier molecular flexibility index (Phi) is 8.87. The van der Waals surface area contributed by atoms with Crippen LogP contribution in [0.15, 0.2) is 255 Å². The van der Waals surface area contributed by atoms with Crippen molar-refractivity contribution in [3.05, 3.63) is 255 Å². The van der Waals surface area contributed by atoms with Gasteiger partial charge < -0.3 is 9.13 Å². The predicted molar refractivity (Wildman–Crippen MR) is 270 cm³/mol. The van der Waals surface area contributed by atoms with Crippen molar-refractivity contribution in [2.45, 2.75) is 0 Å². The van der Waals surface area contributed by atoms with E-state index in [0.717, 1.165) is 5.69 Å². The summed E-state index contributed by atoms with van der Waals surface area (Å²) in [4.78, 5) is 0. The van der Waals surface area contributed by atoms with Gasteiger partial charge in [0.25, 0.3) is 0 Å². The van der Waals surface area contributed by atoms with Gasteiger partial charge in [-0.3, -0.25) is 0 Å². The molecule has 0 aliphatic rings. The minimum Gasteiger partial charge on any atom is -0.309 e. The quantitative estimate of drug-likeness (QED) is 0.107. The summed E-state index contributed by atoms with van der Waals surface area (Å²) in [5.41, 5.74) is 11.9. The van der Waals surface area contributed by atoms with Crippen LogP contribution < -0.4 is 20.7 Å². The Balaban J connectivity index is 1.09. The van der Waals surface area contributed by atoms with Gasteiger partial charge in [-0.15, -0.1) is 0 Å². The highest BCUT2D eigenvalue weighted by Gasteiger charge is 2.41.